The van der Waals surface area contributed by atoms with Gasteiger partial charge in [-0.2, -0.15) is 0 Å². The molecule has 0 aliphatic heterocycles. The molecule has 0 atom stereocenters. The van der Waals surface area contributed by atoms with Gasteiger partial charge in [-0.15, -0.1) is 10.2 Å². The number of rotatable bonds is 7. The first-order valence-electron chi connectivity index (χ1n) is 7.39. The summed E-state index contributed by atoms with van der Waals surface area (Å²) in [6.07, 6.45) is 4.90. The molecule has 1 N–H and O–H groups in total. The van der Waals surface area contributed by atoms with Gasteiger partial charge in [-0.1, -0.05) is 19.8 Å². The Hall–Kier alpha value is -1.95. The van der Waals surface area contributed by atoms with E-state index >= 15 is 0 Å². The minimum absolute atomic E-state index is 0.0221. The van der Waals surface area contributed by atoms with Crippen LogP contribution in [0.3, 0.4) is 0 Å². The smallest absolute Gasteiger partial charge is 0.255 e. The zero-order valence-electron chi connectivity index (χ0n) is 12.6. The maximum atomic E-state index is 12.6. The van der Waals surface area contributed by atoms with Crippen LogP contribution in [-0.2, 0) is 0 Å². The number of aryl methyl sites for hydroxylation is 1. The van der Waals surface area contributed by atoms with Crippen molar-refractivity contribution < 1.29 is 9.90 Å². The first-order valence-corrected chi connectivity index (χ1v) is 7.39. The van der Waals surface area contributed by atoms with Crippen molar-refractivity contribution in [1.29, 1.82) is 0 Å². The molecule has 0 saturated carbocycles. The van der Waals surface area contributed by atoms with E-state index in [2.05, 4.69) is 17.1 Å². The van der Waals surface area contributed by atoms with Crippen molar-refractivity contribution in [2.75, 3.05) is 19.7 Å². The fourth-order valence-electron chi connectivity index (χ4n) is 2.30. The predicted molar refractivity (Wildman–Crippen MR) is 80.2 cm³/mol. The second-order valence-electron chi connectivity index (χ2n) is 5.12. The summed E-state index contributed by atoms with van der Waals surface area (Å²) in [6, 6.07) is 3.55. The molecule has 21 heavy (non-hydrogen) atoms. The summed E-state index contributed by atoms with van der Waals surface area (Å²) in [6.45, 7) is 4.99. The molecule has 2 rings (SSSR count). The second kappa shape index (κ2) is 7.17. The standard InChI is InChI=1S/C15H22N4O2/c1-3-4-5-8-18(9-10-20)15(21)13-6-7-14-17-16-12(2)19(14)11-13/h6-7,11,20H,3-5,8-10H2,1-2H3. The third-order valence-corrected chi connectivity index (χ3v) is 3.51. The highest BCUT2D eigenvalue weighted by Gasteiger charge is 2.16. The van der Waals surface area contributed by atoms with Crippen LogP contribution in [0, 0.1) is 6.92 Å². The van der Waals surface area contributed by atoms with Gasteiger partial charge in [0.25, 0.3) is 5.91 Å². The highest BCUT2D eigenvalue weighted by Crippen LogP contribution is 2.10. The Morgan fingerprint density at radius 3 is 2.81 bits per heavy atom. The van der Waals surface area contributed by atoms with Gasteiger partial charge < -0.3 is 10.0 Å². The van der Waals surface area contributed by atoms with Gasteiger partial charge in [0, 0.05) is 19.3 Å². The number of carbonyl (C=O) groups excluding carboxylic acids is 1. The largest absolute Gasteiger partial charge is 0.395 e. The van der Waals surface area contributed by atoms with E-state index in [9.17, 15) is 4.79 Å². The number of aliphatic hydroxyl groups excluding tert-OH is 1. The Balaban J connectivity index is 2.18. The zero-order chi connectivity index (χ0) is 15.2. The van der Waals surface area contributed by atoms with Crippen LogP contribution in [0.1, 0.15) is 42.4 Å². The Morgan fingerprint density at radius 1 is 1.29 bits per heavy atom. The summed E-state index contributed by atoms with van der Waals surface area (Å²) >= 11 is 0. The third kappa shape index (κ3) is 3.58. The van der Waals surface area contributed by atoms with Crippen LogP contribution in [0.15, 0.2) is 18.3 Å². The molecular weight excluding hydrogens is 268 g/mol. The summed E-state index contributed by atoms with van der Waals surface area (Å²) < 4.78 is 1.80. The molecule has 0 aliphatic rings. The van der Waals surface area contributed by atoms with E-state index in [-0.39, 0.29) is 12.5 Å². The van der Waals surface area contributed by atoms with E-state index < -0.39 is 0 Å². The van der Waals surface area contributed by atoms with Crippen molar-refractivity contribution in [3.8, 4) is 0 Å². The number of carbonyl (C=O) groups is 1. The molecule has 0 fully saturated rings. The summed E-state index contributed by atoms with van der Waals surface area (Å²) in [4.78, 5) is 14.3. The van der Waals surface area contributed by atoms with Crippen molar-refractivity contribution in [3.63, 3.8) is 0 Å². The molecule has 6 heteroatoms. The number of hydrogen-bond donors (Lipinski definition) is 1. The molecule has 114 valence electrons. The van der Waals surface area contributed by atoms with Crippen LogP contribution in [0.5, 0.6) is 0 Å². The molecule has 2 aromatic heterocycles. The van der Waals surface area contributed by atoms with Gasteiger partial charge in [-0.3, -0.25) is 9.20 Å². The lowest BCUT2D eigenvalue weighted by molar-refractivity contribution is 0.0718. The maximum absolute atomic E-state index is 12.6. The van der Waals surface area contributed by atoms with E-state index in [0.717, 1.165) is 30.7 Å². The van der Waals surface area contributed by atoms with Crippen molar-refractivity contribution in [2.45, 2.75) is 33.1 Å². The topological polar surface area (TPSA) is 70.7 Å². The first kappa shape index (κ1) is 15.4. The SMILES string of the molecule is CCCCCN(CCO)C(=O)c1ccc2nnc(C)n2c1. The second-order valence-corrected chi connectivity index (χ2v) is 5.12. The number of amides is 1. The van der Waals surface area contributed by atoms with Gasteiger partial charge in [0.15, 0.2) is 5.65 Å². The molecule has 0 radical (unpaired) electrons. The van der Waals surface area contributed by atoms with E-state index in [4.69, 9.17) is 5.11 Å². The lowest BCUT2D eigenvalue weighted by Crippen LogP contribution is -2.34. The summed E-state index contributed by atoms with van der Waals surface area (Å²) in [5.41, 5.74) is 1.32. The maximum Gasteiger partial charge on any atom is 0.255 e. The lowest BCUT2D eigenvalue weighted by atomic mass is 10.2. The van der Waals surface area contributed by atoms with Gasteiger partial charge in [-0.25, -0.2) is 0 Å². The van der Waals surface area contributed by atoms with Crippen LogP contribution >= 0.6 is 0 Å². The molecule has 0 aliphatic carbocycles. The van der Waals surface area contributed by atoms with Crippen molar-refractivity contribution >= 4 is 11.6 Å². The van der Waals surface area contributed by atoms with Gasteiger partial charge in [0.05, 0.1) is 12.2 Å². The molecule has 6 nitrogen and oxygen atoms in total. The highest BCUT2D eigenvalue weighted by atomic mass is 16.3. The molecule has 0 saturated heterocycles. The van der Waals surface area contributed by atoms with Gasteiger partial charge >= 0.3 is 0 Å². The van der Waals surface area contributed by atoms with Crippen molar-refractivity contribution in [2.24, 2.45) is 0 Å². The monoisotopic (exact) mass is 290 g/mol. The third-order valence-electron chi connectivity index (χ3n) is 3.51. The van der Waals surface area contributed by atoms with E-state index in [1.165, 1.54) is 0 Å². The summed E-state index contributed by atoms with van der Waals surface area (Å²) in [5.74, 6) is 0.689. The number of unbranched alkanes of at least 4 members (excludes halogenated alkanes) is 2. The molecule has 2 aromatic rings. The average molecular weight is 290 g/mol. The van der Waals surface area contributed by atoms with Crippen LogP contribution in [0.2, 0.25) is 0 Å². The molecule has 0 aromatic carbocycles. The first-order chi connectivity index (χ1) is 10.2. The Bertz CT molecular complexity index is 609. The van der Waals surface area contributed by atoms with E-state index in [1.807, 2.05) is 6.92 Å². The molecule has 0 spiro atoms. The number of aromatic nitrogens is 3. The molecule has 0 bridgehead atoms. The van der Waals surface area contributed by atoms with Crippen molar-refractivity contribution in [1.82, 2.24) is 19.5 Å². The summed E-state index contributed by atoms with van der Waals surface area (Å²) in [5, 5.41) is 17.1. The van der Waals surface area contributed by atoms with Crippen LogP contribution in [0.4, 0.5) is 0 Å². The van der Waals surface area contributed by atoms with Gasteiger partial charge in [0.1, 0.15) is 5.82 Å². The molecular formula is C15H22N4O2. The molecule has 1 amide bonds. The average Bonchev–Trinajstić information content (AvgIpc) is 2.87. The van der Waals surface area contributed by atoms with E-state index in [1.54, 1.807) is 27.6 Å². The summed E-state index contributed by atoms with van der Waals surface area (Å²) in [7, 11) is 0. The number of nitrogens with zero attached hydrogens (tertiary/aromatic N) is 4. The van der Waals surface area contributed by atoms with Crippen LogP contribution in [-0.4, -0.2) is 50.2 Å². The Kier molecular flexibility index (Phi) is 5.27. The fourth-order valence-corrected chi connectivity index (χ4v) is 2.30. The quantitative estimate of drug-likeness (QED) is 0.787. The number of fused-ring (bicyclic) bond motifs is 1. The number of aliphatic hydroxyl groups is 1. The normalized spacial score (nSPS) is 11.0. The minimum Gasteiger partial charge on any atom is -0.395 e. The van der Waals surface area contributed by atoms with E-state index in [0.29, 0.717) is 18.7 Å². The molecule has 0 unspecified atom stereocenters. The zero-order valence-corrected chi connectivity index (χ0v) is 12.6. The van der Waals surface area contributed by atoms with Crippen molar-refractivity contribution in [3.05, 3.63) is 29.7 Å². The lowest BCUT2D eigenvalue weighted by Gasteiger charge is -2.21. The van der Waals surface area contributed by atoms with Crippen LogP contribution < -0.4 is 0 Å². The predicted octanol–water partition coefficient (Wildman–Crippen LogP) is 1.66. The molecule has 2 heterocycles. The van der Waals surface area contributed by atoms with Crippen LogP contribution in [0.25, 0.3) is 5.65 Å². The highest BCUT2D eigenvalue weighted by molar-refractivity contribution is 5.94. The van der Waals surface area contributed by atoms with Gasteiger partial charge in [-0.05, 0) is 25.5 Å². The number of pyridine rings is 1. The fraction of sp³-hybridized carbons (Fsp3) is 0.533. The number of hydrogen-bond acceptors (Lipinski definition) is 4. The minimum atomic E-state index is -0.0600. The Morgan fingerprint density at radius 2 is 2.10 bits per heavy atom. The Labute approximate surface area is 124 Å². The van der Waals surface area contributed by atoms with Gasteiger partial charge in [0.2, 0.25) is 0 Å².